The minimum Gasteiger partial charge on any atom is -0.211 e. The fourth-order valence-corrected chi connectivity index (χ4v) is 4.07. The molecule has 0 unspecified atom stereocenters. The molecule has 2 rings (SSSR count). The molecule has 0 aliphatic rings. The molecular formula is C15H17N2O4S2. The van der Waals surface area contributed by atoms with E-state index < -0.39 is 20.0 Å². The first kappa shape index (κ1) is 17.6. The van der Waals surface area contributed by atoms with E-state index in [1.807, 2.05) is 18.2 Å². The van der Waals surface area contributed by atoms with Gasteiger partial charge >= 0.3 is 0 Å². The van der Waals surface area contributed by atoms with Crippen LogP contribution in [0.25, 0.3) is 0 Å². The molecule has 8 heteroatoms. The largest absolute Gasteiger partial charge is 0.243 e. The summed E-state index contributed by atoms with van der Waals surface area (Å²) in [5, 5.41) is 0. The van der Waals surface area contributed by atoms with Gasteiger partial charge in [-0.05, 0) is 22.4 Å². The number of nitrogens with one attached hydrogen (secondary N) is 1. The molecule has 1 N–H and O–H groups in total. The number of hydrogen-bond donors (Lipinski definition) is 1. The molecular weight excluding hydrogens is 336 g/mol. The highest BCUT2D eigenvalue weighted by molar-refractivity contribution is 7.92. The van der Waals surface area contributed by atoms with Crippen LogP contribution in [0.4, 0.5) is 0 Å². The van der Waals surface area contributed by atoms with Gasteiger partial charge in [-0.25, -0.2) is 16.8 Å². The highest BCUT2D eigenvalue weighted by Crippen LogP contribution is 2.05. The monoisotopic (exact) mass is 353 g/mol. The van der Waals surface area contributed by atoms with E-state index in [1.165, 1.54) is 0 Å². The molecule has 0 spiro atoms. The second kappa shape index (κ2) is 7.69. The van der Waals surface area contributed by atoms with Gasteiger partial charge < -0.3 is 0 Å². The van der Waals surface area contributed by atoms with Crippen molar-refractivity contribution in [1.29, 1.82) is 0 Å². The Balaban J connectivity index is 1.88. The topological polar surface area (TPSA) is 94.4 Å². The number of benzene rings is 2. The SMILES string of the molecule is O=S(=O)(CCc1ccccc1)[N]NS(=O)(=O)Cc1ccccc1. The van der Waals surface area contributed by atoms with Crippen molar-refractivity contribution in [2.45, 2.75) is 12.2 Å². The van der Waals surface area contributed by atoms with E-state index in [4.69, 9.17) is 0 Å². The molecule has 23 heavy (non-hydrogen) atoms. The van der Waals surface area contributed by atoms with E-state index in [-0.39, 0.29) is 17.9 Å². The third-order valence-electron chi connectivity index (χ3n) is 3.01. The number of rotatable bonds is 8. The zero-order valence-corrected chi connectivity index (χ0v) is 13.9. The summed E-state index contributed by atoms with van der Waals surface area (Å²) in [4.78, 5) is 4.97. The summed E-state index contributed by atoms with van der Waals surface area (Å²) in [5.41, 5.74) is 1.40. The van der Waals surface area contributed by atoms with Gasteiger partial charge in [-0.15, -0.1) is 4.83 Å². The molecule has 6 nitrogen and oxygen atoms in total. The lowest BCUT2D eigenvalue weighted by atomic mass is 10.2. The number of aryl methyl sites for hydroxylation is 1. The number of nitrogens with zero attached hydrogens (tertiary/aromatic N) is 1. The third kappa shape index (κ3) is 6.49. The Labute approximate surface area is 136 Å². The molecule has 2 aromatic rings. The zero-order valence-electron chi connectivity index (χ0n) is 12.3. The molecule has 123 valence electrons. The van der Waals surface area contributed by atoms with Crippen LogP contribution in [0.3, 0.4) is 0 Å². The van der Waals surface area contributed by atoms with E-state index in [0.29, 0.717) is 5.56 Å². The Hall–Kier alpha value is -1.74. The fraction of sp³-hybridized carbons (Fsp3) is 0.200. The number of hydrogen-bond acceptors (Lipinski definition) is 4. The Bertz CT molecular complexity index is 820. The molecule has 2 aromatic carbocycles. The normalized spacial score (nSPS) is 12.2. The fourth-order valence-electron chi connectivity index (χ4n) is 1.88. The first-order chi connectivity index (χ1) is 10.9. The number of sulfonamides is 2. The first-order valence-corrected chi connectivity index (χ1v) is 10.1. The minimum absolute atomic E-state index is 0.259. The molecule has 1 radical (unpaired) electrons. The summed E-state index contributed by atoms with van der Waals surface area (Å²) in [5.74, 6) is -0.587. The van der Waals surface area contributed by atoms with E-state index in [0.717, 1.165) is 5.56 Å². The minimum atomic E-state index is -3.87. The summed E-state index contributed by atoms with van der Waals surface area (Å²) < 4.78 is 47.3. The van der Waals surface area contributed by atoms with Crippen molar-refractivity contribution >= 4 is 20.0 Å². The maximum atomic E-state index is 11.9. The lowest BCUT2D eigenvalue weighted by molar-refractivity contribution is 0.554. The lowest BCUT2D eigenvalue weighted by Crippen LogP contribution is -2.37. The van der Waals surface area contributed by atoms with Crippen LogP contribution in [0, 0.1) is 0 Å². The standard InChI is InChI=1S/C15H17N2O4S2/c18-22(19,12-11-14-7-3-1-4-8-14)16-17-23(20,21)13-15-9-5-2-6-10-15/h1-10,17H,11-13H2. The van der Waals surface area contributed by atoms with Crippen molar-refractivity contribution < 1.29 is 16.8 Å². The van der Waals surface area contributed by atoms with Crippen LogP contribution >= 0.6 is 0 Å². The van der Waals surface area contributed by atoms with Crippen molar-refractivity contribution in [1.82, 2.24) is 9.66 Å². The molecule has 0 atom stereocenters. The summed E-state index contributed by atoms with van der Waals surface area (Å²) in [6.45, 7) is 0. The average molecular weight is 353 g/mol. The van der Waals surface area contributed by atoms with E-state index in [9.17, 15) is 16.8 Å². The Morgan fingerprint density at radius 1 is 0.783 bits per heavy atom. The van der Waals surface area contributed by atoms with Crippen molar-refractivity contribution in [2.75, 3.05) is 5.75 Å². The van der Waals surface area contributed by atoms with Gasteiger partial charge in [-0.1, -0.05) is 60.7 Å². The Morgan fingerprint density at radius 3 is 1.87 bits per heavy atom. The van der Waals surface area contributed by atoms with Crippen LogP contribution in [0.2, 0.25) is 0 Å². The van der Waals surface area contributed by atoms with Crippen molar-refractivity contribution in [3.63, 3.8) is 0 Å². The average Bonchev–Trinajstić information content (AvgIpc) is 2.53. The maximum absolute atomic E-state index is 11.9. The molecule has 0 aromatic heterocycles. The molecule has 0 aliphatic heterocycles. The van der Waals surface area contributed by atoms with Gasteiger partial charge in [0.2, 0.25) is 20.0 Å². The third-order valence-corrected chi connectivity index (χ3v) is 5.29. The van der Waals surface area contributed by atoms with Gasteiger partial charge in [0.05, 0.1) is 11.5 Å². The first-order valence-electron chi connectivity index (χ1n) is 6.88. The molecule has 0 fully saturated rings. The molecule has 0 bridgehead atoms. The van der Waals surface area contributed by atoms with Crippen molar-refractivity contribution in [2.24, 2.45) is 0 Å². The highest BCUT2D eigenvalue weighted by Gasteiger charge is 2.18. The van der Waals surface area contributed by atoms with Crippen LogP contribution in [-0.2, 0) is 32.2 Å². The molecule has 0 saturated heterocycles. The van der Waals surface area contributed by atoms with E-state index in [1.54, 1.807) is 47.3 Å². The molecule has 0 amide bonds. The quantitative estimate of drug-likeness (QED) is 0.722. The Morgan fingerprint density at radius 2 is 1.30 bits per heavy atom. The second-order valence-electron chi connectivity index (χ2n) is 4.95. The predicted molar refractivity (Wildman–Crippen MR) is 88.3 cm³/mol. The van der Waals surface area contributed by atoms with E-state index in [2.05, 4.69) is 4.83 Å². The summed E-state index contributed by atoms with van der Waals surface area (Å²) >= 11 is 0. The van der Waals surface area contributed by atoms with Gasteiger partial charge in [0, 0.05) is 0 Å². The van der Waals surface area contributed by atoms with Gasteiger partial charge in [0.15, 0.2) is 0 Å². The van der Waals surface area contributed by atoms with Crippen molar-refractivity contribution in [3.8, 4) is 0 Å². The summed E-state index contributed by atoms with van der Waals surface area (Å²) in [6, 6.07) is 17.5. The second-order valence-corrected chi connectivity index (χ2v) is 8.40. The van der Waals surface area contributed by atoms with Crippen molar-refractivity contribution in [3.05, 3.63) is 71.8 Å². The highest BCUT2D eigenvalue weighted by atomic mass is 32.2. The van der Waals surface area contributed by atoms with Crippen LogP contribution in [0.15, 0.2) is 60.7 Å². The zero-order chi connectivity index (χ0) is 16.8. The maximum Gasteiger partial charge on any atom is 0.243 e. The lowest BCUT2D eigenvalue weighted by Gasteiger charge is -2.07. The van der Waals surface area contributed by atoms with Gasteiger partial charge in [-0.3, -0.25) is 0 Å². The van der Waals surface area contributed by atoms with Gasteiger partial charge in [0.1, 0.15) is 0 Å². The van der Waals surface area contributed by atoms with Crippen LogP contribution in [0.5, 0.6) is 0 Å². The summed E-state index contributed by atoms with van der Waals surface area (Å²) in [7, 11) is -7.72. The summed E-state index contributed by atoms with van der Waals surface area (Å²) in [6.07, 6.45) is 0.271. The Kier molecular flexibility index (Phi) is 5.89. The molecule has 0 heterocycles. The van der Waals surface area contributed by atoms with Crippen LogP contribution < -0.4 is 9.66 Å². The van der Waals surface area contributed by atoms with Crippen LogP contribution in [-0.4, -0.2) is 22.6 Å². The molecule has 0 saturated carbocycles. The smallest absolute Gasteiger partial charge is 0.211 e. The van der Waals surface area contributed by atoms with E-state index >= 15 is 0 Å². The van der Waals surface area contributed by atoms with Crippen LogP contribution in [0.1, 0.15) is 11.1 Å². The predicted octanol–water partition coefficient (Wildman–Crippen LogP) is 1.20. The van der Waals surface area contributed by atoms with Gasteiger partial charge in [-0.2, -0.15) is 0 Å². The molecule has 0 aliphatic carbocycles. The van der Waals surface area contributed by atoms with Gasteiger partial charge in [0.25, 0.3) is 0 Å².